The number of ether oxygens (including phenoxy) is 2. The van der Waals surface area contributed by atoms with E-state index in [1.165, 1.54) is 11.1 Å². The standard InChI is InChI=1S/C23H24N4O5/c28-21(24-17-6-8-18(9-7-17)26-12-14-31-15-13-26)16-32-23(30)20-10-11-22(29)27(25-20)19-4-2-1-3-5-19/h1-10,25H,11-16H2,(H,24,28). The van der Waals surface area contributed by atoms with Crippen LogP contribution in [0.1, 0.15) is 6.42 Å². The number of carbonyl (C=O) groups is 3. The summed E-state index contributed by atoms with van der Waals surface area (Å²) in [5.41, 5.74) is 5.14. The van der Waals surface area contributed by atoms with Gasteiger partial charge in [-0.15, -0.1) is 0 Å². The minimum absolute atomic E-state index is 0.0496. The van der Waals surface area contributed by atoms with E-state index in [9.17, 15) is 14.4 Å². The van der Waals surface area contributed by atoms with Gasteiger partial charge in [0.15, 0.2) is 6.61 Å². The molecular weight excluding hydrogens is 412 g/mol. The number of hydrazine groups is 1. The van der Waals surface area contributed by atoms with Crippen molar-refractivity contribution >= 4 is 34.8 Å². The molecule has 2 heterocycles. The summed E-state index contributed by atoms with van der Waals surface area (Å²) in [5, 5.41) is 3.99. The van der Waals surface area contributed by atoms with Crippen LogP contribution in [0.15, 0.2) is 66.4 Å². The molecule has 2 amide bonds. The molecule has 0 radical (unpaired) electrons. The molecule has 2 aromatic carbocycles. The summed E-state index contributed by atoms with van der Waals surface area (Å²) in [5.74, 6) is -1.37. The number of carbonyl (C=O) groups excluding carboxylic acids is 3. The predicted molar refractivity (Wildman–Crippen MR) is 119 cm³/mol. The Morgan fingerprint density at radius 3 is 2.44 bits per heavy atom. The highest BCUT2D eigenvalue weighted by atomic mass is 16.5. The number of amides is 2. The van der Waals surface area contributed by atoms with Gasteiger partial charge in [0.05, 0.1) is 18.9 Å². The Bertz CT molecular complexity index is 1000. The first-order chi connectivity index (χ1) is 15.6. The summed E-state index contributed by atoms with van der Waals surface area (Å²) in [4.78, 5) is 38.9. The molecule has 1 fully saturated rings. The maximum Gasteiger partial charge on any atom is 0.356 e. The van der Waals surface area contributed by atoms with Crippen LogP contribution >= 0.6 is 0 Å². The van der Waals surface area contributed by atoms with E-state index in [0.717, 1.165) is 18.8 Å². The van der Waals surface area contributed by atoms with Crippen LogP contribution in [0.4, 0.5) is 17.1 Å². The zero-order chi connectivity index (χ0) is 22.3. The van der Waals surface area contributed by atoms with Crippen LogP contribution in [0.2, 0.25) is 0 Å². The molecule has 1 saturated heterocycles. The lowest BCUT2D eigenvalue weighted by molar-refractivity contribution is -0.143. The highest BCUT2D eigenvalue weighted by Gasteiger charge is 2.25. The monoisotopic (exact) mass is 436 g/mol. The molecule has 9 heteroatoms. The Morgan fingerprint density at radius 2 is 1.72 bits per heavy atom. The quantitative estimate of drug-likeness (QED) is 0.667. The normalized spacial score (nSPS) is 16.1. The van der Waals surface area contributed by atoms with Crippen LogP contribution in [-0.4, -0.2) is 50.7 Å². The average Bonchev–Trinajstić information content (AvgIpc) is 2.84. The summed E-state index contributed by atoms with van der Waals surface area (Å²) in [6, 6.07) is 16.4. The smallest absolute Gasteiger partial charge is 0.356 e. The second-order valence-corrected chi connectivity index (χ2v) is 7.27. The van der Waals surface area contributed by atoms with Crippen LogP contribution in [0.5, 0.6) is 0 Å². The number of hydrogen-bond acceptors (Lipinski definition) is 7. The zero-order valence-corrected chi connectivity index (χ0v) is 17.5. The number of benzene rings is 2. The number of nitrogens with zero attached hydrogens (tertiary/aromatic N) is 2. The highest BCUT2D eigenvalue weighted by Crippen LogP contribution is 2.19. The summed E-state index contributed by atoms with van der Waals surface area (Å²) in [7, 11) is 0. The Hall–Kier alpha value is -3.85. The van der Waals surface area contributed by atoms with Crippen molar-refractivity contribution in [3.05, 3.63) is 66.4 Å². The number of esters is 1. The molecule has 0 aromatic heterocycles. The van der Waals surface area contributed by atoms with Crippen molar-refractivity contribution in [1.29, 1.82) is 0 Å². The van der Waals surface area contributed by atoms with Crippen LogP contribution in [-0.2, 0) is 23.9 Å². The van der Waals surface area contributed by atoms with Crippen LogP contribution in [0.3, 0.4) is 0 Å². The third-order valence-corrected chi connectivity index (χ3v) is 5.06. The van der Waals surface area contributed by atoms with E-state index in [2.05, 4.69) is 15.6 Å². The zero-order valence-electron chi connectivity index (χ0n) is 17.5. The lowest BCUT2D eigenvalue weighted by atomic mass is 10.2. The van der Waals surface area contributed by atoms with E-state index in [-0.39, 0.29) is 18.0 Å². The third kappa shape index (κ3) is 5.25. The first-order valence-corrected chi connectivity index (χ1v) is 10.3. The number of morpholine rings is 1. The molecular formula is C23H24N4O5. The Kier molecular flexibility index (Phi) is 6.66. The van der Waals surface area contributed by atoms with Crippen molar-refractivity contribution in [1.82, 2.24) is 5.43 Å². The van der Waals surface area contributed by atoms with E-state index < -0.39 is 18.5 Å². The first kappa shape index (κ1) is 21.4. The van der Waals surface area contributed by atoms with Crippen molar-refractivity contribution < 1.29 is 23.9 Å². The van der Waals surface area contributed by atoms with Gasteiger partial charge in [0.1, 0.15) is 5.70 Å². The molecule has 9 nitrogen and oxygen atoms in total. The number of hydrogen-bond donors (Lipinski definition) is 2. The van der Waals surface area contributed by atoms with Crippen molar-refractivity contribution in [2.45, 2.75) is 6.42 Å². The Balaban J connectivity index is 1.27. The molecule has 0 unspecified atom stereocenters. The van der Waals surface area contributed by atoms with Gasteiger partial charge in [0.25, 0.3) is 5.91 Å². The van der Waals surface area contributed by atoms with Crippen molar-refractivity contribution in [2.24, 2.45) is 0 Å². The Morgan fingerprint density at radius 1 is 1.00 bits per heavy atom. The van der Waals surface area contributed by atoms with Gasteiger partial charge in [-0.2, -0.15) is 0 Å². The Labute approximate surface area is 185 Å². The van der Waals surface area contributed by atoms with E-state index in [4.69, 9.17) is 9.47 Å². The van der Waals surface area contributed by atoms with E-state index >= 15 is 0 Å². The van der Waals surface area contributed by atoms with Crippen molar-refractivity contribution in [3.63, 3.8) is 0 Å². The largest absolute Gasteiger partial charge is 0.451 e. The molecule has 0 saturated carbocycles. The van der Waals surface area contributed by atoms with Gasteiger partial charge in [-0.3, -0.25) is 15.0 Å². The highest BCUT2D eigenvalue weighted by molar-refractivity contribution is 6.00. The fourth-order valence-corrected chi connectivity index (χ4v) is 3.41. The topological polar surface area (TPSA) is 100 Å². The molecule has 2 aliphatic heterocycles. The van der Waals surface area contributed by atoms with Crippen molar-refractivity contribution in [3.8, 4) is 0 Å². The fourth-order valence-electron chi connectivity index (χ4n) is 3.41. The average molecular weight is 436 g/mol. The molecule has 2 aliphatic rings. The minimum Gasteiger partial charge on any atom is -0.451 e. The summed E-state index contributed by atoms with van der Waals surface area (Å²) in [6.45, 7) is 2.62. The van der Waals surface area contributed by atoms with Crippen LogP contribution < -0.4 is 20.7 Å². The third-order valence-electron chi connectivity index (χ3n) is 5.06. The van der Waals surface area contributed by atoms with E-state index in [1.54, 1.807) is 36.4 Å². The molecule has 4 rings (SSSR count). The second-order valence-electron chi connectivity index (χ2n) is 7.27. The van der Waals surface area contributed by atoms with Crippen molar-refractivity contribution in [2.75, 3.05) is 48.1 Å². The summed E-state index contributed by atoms with van der Waals surface area (Å²) in [6.07, 6.45) is 1.50. The van der Waals surface area contributed by atoms with E-state index in [1.807, 2.05) is 18.2 Å². The molecule has 0 atom stereocenters. The fraction of sp³-hybridized carbons (Fsp3) is 0.261. The molecule has 166 valence electrons. The number of rotatable bonds is 6. The second kappa shape index (κ2) is 9.97. The van der Waals surface area contributed by atoms with Crippen LogP contribution in [0.25, 0.3) is 0 Å². The van der Waals surface area contributed by atoms with Gasteiger partial charge >= 0.3 is 5.97 Å². The molecule has 0 bridgehead atoms. The number of anilines is 3. The first-order valence-electron chi connectivity index (χ1n) is 10.3. The van der Waals surface area contributed by atoms with Gasteiger partial charge in [-0.25, -0.2) is 9.80 Å². The van der Waals surface area contributed by atoms with Gasteiger partial charge in [-0.1, -0.05) is 18.2 Å². The maximum atomic E-state index is 12.4. The lowest BCUT2D eigenvalue weighted by Gasteiger charge is -2.28. The summed E-state index contributed by atoms with van der Waals surface area (Å²) >= 11 is 0. The molecule has 2 aromatic rings. The predicted octanol–water partition coefficient (Wildman–Crippen LogP) is 1.83. The lowest BCUT2D eigenvalue weighted by Crippen LogP contribution is -2.47. The van der Waals surface area contributed by atoms with E-state index in [0.29, 0.717) is 24.6 Å². The number of para-hydroxylation sites is 1. The number of nitrogens with one attached hydrogen (secondary N) is 2. The van der Waals surface area contributed by atoms with Gasteiger partial charge in [-0.05, 0) is 42.5 Å². The molecule has 0 aliphatic carbocycles. The van der Waals surface area contributed by atoms with Gasteiger partial charge in [0.2, 0.25) is 5.91 Å². The minimum atomic E-state index is -0.712. The van der Waals surface area contributed by atoms with Gasteiger partial charge in [0, 0.05) is 30.9 Å². The molecule has 32 heavy (non-hydrogen) atoms. The SMILES string of the molecule is O=C(COC(=O)C1=CCC(=O)N(c2ccccc2)N1)Nc1ccc(N2CCOCC2)cc1. The molecule has 2 N–H and O–H groups in total. The van der Waals surface area contributed by atoms with Gasteiger partial charge < -0.3 is 19.7 Å². The van der Waals surface area contributed by atoms with Crippen LogP contribution in [0, 0.1) is 0 Å². The maximum absolute atomic E-state index is 12.4. The molecule has 0 spiro atoms. The summed E-state index contributed by atoms with van der Waals surface area (Å²) < 4.78 is 10.5.